The Kier molecular flexibility index (Phi) is 4.87. The van der Waals surface area contributed by atoms with Crippen LogP contribution in [0.1, 0.15) is 36.0 Å². The zero-order chi connectivity index (χ0) is 14.8. The molecule has 5 heteroatoms. The molecule has 0 aliphatic carbocycles. The van der Waals surface area contributed by atoms with Gasteiger partial charge >= 0.3 is 0 Å². The molecule has 2 aliphatic rings. The Hall–Kier alpha value is -0.580. The fourth-order valence-corrected chi connectivity index (χ4v) is 3.86. The molecule has 0 aromatic heterocycles. The summed E-state index contributed by atoms with van der Waals surface area (Å²) in [6, 6.07) is 6.09. The van der Waals surface area contributed by atoms with Crippen molar-refractivity contribution < 1.29 is 4.79 Å². The quantitative estimate of drug-likeness (QED) is 0.859. The van der Waals surface area contributed by atoms with Gasteiger partial charge in [-0.05, 0) is 72.3 Å². The van der Waals surface area contributed by atoms with E-state index in [-0.39, 0.29) is 5.91 Å². The second-order valence-corrected chi connectivity index (χ2v) is 7.22. The maximum Gasteiger partial charge on any atom is 0.253 e. The maximum absolute atomic E-state index is 12.5. The molecule has 3 nitrogen and oxygen atoms in total. The zero-order valence-electron chi connectivity index (χ0n) is 11.9. The second-order valence-electron chi connectivity index (χ2n) is 5.96. The third-order valence-corrected chi connectivity index (χ3v) is 5.89. The Labute approximate surface area is 139 Å². The number of halogens is 2. The lowest BCUT2D eigenvalue weighted by Crippen LogP contribution is -2.43. The Balaban J connectivity index is 1.60. The Morgan fingerprint density at radius 3 is 2.67 bits per heavy atom. The molecule has 0 saturated carbocycles. The number of nitrogens with zero attached hydrogens (tertiary/aromatic N) is 1. The smallest absolute Gasteiger partial charge is 0.253 e. The van der Waals surface area contributed by atoms with Crippen LogP contribution in [0.4, 0.5) is 0 Å². The topological polar surface area (TPSA) is 32.3 Å². The van der Waals surface area contributed by atoms with Gasteiger partial charge in [0.1, 0.15) is 0 Å². The SMILES string of the molecule is O=C(c1ccc(Br)c(Cl)c1)N1CCC(C2CCCN2)CC1. The summed E-state index contributed by atoms with van der Waals surface area (Å²) in [5, 5.41) is 4.18. The van der Waals surface area contributed by atoms with E-state index < -0.39 is 0 Å². The molecule has 1 N–H and O–H groups in total. The van der Waals surface area contributed by atoms with Gasteiger partial charge in [-0.3, -0.25) is 4.79 Å². The molecule has 0 spiro atoms. The fourth-order valence-electron chi connectivity index (χ4n) is 3.43. The fraction of sp³-hybridized carbons (Fsp3) is 0.562. The number of carbonyl (C=O) groups excluding carboxylic acids is 1. The number of piperidine rings is 1. The lowest BCUT2D eigenvalue weighted by Gasteiger charge is -2.35. The van der Waals surface area contributed by atoms with Gasteiger partial charge in [-0.15, -0.1) is 0 Å². The Morgan fingerprint density at radius 1 is 1.29 bits per heavy atom. The minimum absolute atomic E-state index is 0.0993. The van der Waals surface area contributed by atoms with Crippen molar-refractivity contribution in [3.8, 4) is 0 Å². The van der Waals surface area contributed by atoms with Crippen LogP contribution in [0.25, 0.3) is 0 Å². The van der Waals surface area contributed by atoms with Crippen molar-refractivity contribution in [2.45, 2.75) is 31.7 Å². The van der Waals surface area contributed by atoms with Crippen LogP contribution < -0.4 is 5.32 Å². The van der Waals surface area contributed by atoms with E-state index in [1.807, 2.05) is 17.0 Å². The average molecular weight is 372 g/mol. The van der Waals surface area contributed by atoms with E-state index in [2.05, 4.69) is 21.2 Å². The molecule has 3 rings (SSSR count). The van der Waals surface area contributed by atoms with E-state index >= 15 is 0 Å². The van der Waals surface area contributed by atoms with E-state index in [0.717, 1.165) is 42.9 Å². The van der Waals surface area contributed by atoms with E-state index in [9.17, 15) is 4.79 Å². The molecule has 21 heavy (non-hydrogen) atoms. The lowest BCUT2D eigenvalue weighted by atomic mass is 9.88. The van der Waals surface area contributed by atoms with Gasteiger partial charge in [0.25, 0.3) is 5.91 Å². The summed E-state index contributed by atoms with van der Waals surface area (Å²) < 4.78 is 0.826. The first kappa shape index (κ1) is 15.3. The molecular formula is C16H20BrClN2O. The molecule has 2 heterocycles. The molecule has 1 amide bonds. The summed E-state index contributed by atoms with van der Waals surface area (Å²) in [5.41, 5.74) is 0.681. The molecule has 1 unspecified atom stereocenters. The van der Waals surface area contributed by atoms with Crippen molar-refractivity contribution in [1.29, 1.82) is 0 Å². The highest BCUT2D eigenvalue weighted by molar-refractivity contribution is 9.10. The molecule has 0 radical (unpaired) electrons. The molecule has 2 saturated heterocycles. The van der Waals surface area contributed by atoms with E-state index in [1.165, 1.54) is 12.8 Å². The third-order valence-electron chi connectivity index (χ3n) is 4.66. The molecular weight excluding hydrogens is 352 g/mol. The molecule has 1 aromatic rings. The maximum atomic E-state index is 12.5. The lowest BCUT2D eigenvalue weighted by molar-refractivity contribution is 0.0674. The summed E-state index contributed by atoms with van der Waals surface area (Å²) in [6.07, 6.45) is 4.80. The van der Waals surface area contributed by atoms with Crippen molar-refractivity contribution in [1.82, 2.24) is 10.2 Å². The number of amides is 1. The number of carbonyl (C=O) groups is 1. The molecule has 0 bridgehead atoms. The van der Waals surface area contributed by atoms with Gasteiger partial charge < -0.3 is 10.2 Å². The summed E-state index contributed by atoms with van der Waals surface area (Å²) >= 11 is 9.44. The molecule has 2 fully saturated rings. The molecule has 1 atom stereocenters. The van der Waals surface area contributed by atoms with Crippen molar-refractivity contribution in [3.05, 3.63) is 33.3 Å². The van der Waals surface area contributed by atoms with Gasteiger partial charge in [0.2, 0.25) is 0 Å². The number of likely N-dealkylation sites (tertiary alicyclic amines) is 1. The van der Waals surface area contributed by atoms with Gasteiger partial charge in [-0.1, -0.05) is 11.6 Å². The minimum atomic E-state index is 0.0993. The van der Waals surface area contributed by atoms with Crippen molar-refractivity contribution in [2.75, 3.05) is 19.6 Å². The van der Waals surface area contributed by atoms with E-state index in [4.69, 9.17) is 11.6 Å². The Morgan fingerprint density at radius 2 is 2.05 bits per heavy atom. The number of rotatable bonds is 2. The zero-order valence-corrected chi connectivity index (χ0v) is 14.3. The predicted octanol–water partition coefficient (Wildman–Crippen LogP) is 3.71. The first-order chi connectivity index (χ1) is 10.1. The summed E-state index contributed by atoms with van der Waals surface area (Å²) in [7, 11) is 0. The van der Waals surface area contributed by atoms with Gasteiger partial charge in [0.05, 0.1) is 5.02 Å². The monoisotopic (exact) mass is 370 g/mol. The molecule has 114 valence electrons. The minimum Gasteiger partial charge on any atom is -0.339 e. The van der Waals surface area contributed by atoms with Crippen LogP contribution in [-0.2, 0) is 0 Å². The number of nitrogens with one attached hydrogen (secondary N) is 1. The van der Waals surface area contributed by atoms with E-state index in [0.29, 0.717) is 16.6 Å². The van der Waals surface area contributed by atoms with Crippen LogP contribution in [0.2, 0.25) is 5.02 Å². The summed E-state index contributed by atoms with van der Waals surface area (Å²) in [5.74, 6) is 0.826. The van der Waals surface area contributed by atoms with Crippen LogP contribution in [0, 0.1) is 5.92 Å². The highest BCUT2D eigenvalue weighted by atomic mass is 79.9. The van der Waals surface area contributed by atoms with Crippen molar-refractivity contribution in [3.63, 3.8) is 0 Å². The summed E-state index contributed by atoms with van der Waals surface area (Å²) in [4.78, 5) is 14.5. The second kappa shape index (κ2) is 6.67. The highest BCUT2D eigenvalue weighted by Crippen LogP contribution is 2.28. The van der Waals surface area contributed by atoms with Gasteiger partial charge in [0.15, 0.2) is 0 Å². The predicted molar refractivity (Wildman–Crippen MR) is 88.8 cm³/mol. The van der Waals surface area contributed by atoms with E-state index in [1.54, 1.807) is 6.07 Å². The number of hydrogen-bond acceptors (Lipinski definition) is 2. The molecule has 2 aliphatic heterocycles. The van der Waals surface area contributed by atoms with Gasteiger partial charge in [-0.2, -0.15) is 0 Å². The van der Waals surface area contributed by atoms with Crippen LogP contribution in [-0.4, -0.2) is 36.5 Å². The van der Waals surface area contributed by atoms with Gasteiger partial charge in [0, 0.05) is 29.2 Å². The average Bonchev–Trinajstić information content (AvgIpc) is 3.04. The largest absolute Gasteiger partial charge is 0.339 e. The normalized spacial score (nSPS) is 23.5. The van der Waals surface area contributed by atoms with Crippen LogP contribution >= 0.6 is 27.5 Å². The Bertz CT molecular complexity index is 523. The van der Waals surface area contributed by atoms with Gasteiger partial charge in [-0.25, -0.2) is 0 Å². The summed E-state index contributed by atoms with van der Waals surface area (Å²) in [6.45, 7) is 2.87. The number of benzene rings is 1. The van der Waals surface area contributed by atoms with Crippen molar-refractivity contribution >= 4 is 33.4 Å². The molecule has 1 aromatic carbocycles. The van der Waals surface area contributed by atoms with Crippen LogP contribution in [0.15, 0.2) is 22.7 Å². The third kappa shape index (κ3) is 3.43. The number of hydrogen-bond donors (Lipinski definition) is 1. The standard InChI is InChI=1S/C16H20BrClN2O/c17-13-4-3-12(10-14(13)18)16(21)20-8-5-11(6-9-20)15-2-1-7-19-15/h3-4,10-11,15,19H,1-2,5-9H2. The first-order valence-electron chi connectivity index (χ1n) is 7.63. The van der Waals surface area contributed by atoms with Crippen LogP contribution in [0.5, 0.6) is 0 Å². The first-order valence-corrected chi connectivity index (χ1v) is 8.80. The highest BCUT2D eigenvalue weighted by Gasteiger charge is 2.30. The van der Waals surface area contributed by atoms with Crippen molar-refractivity contribution in [2.24, 2.45) is 5.92 Å². The van der Waals surface area contributed by atoms with Crippen LogP contribution in [0.3, 0.4) is 0 Å².